The number of hydrogen-bond donors (Lipinski definition) is 1. The Morgan fingerprint density at radius 1 is 1.42 bits per heavy atom. The van der Waals surface area contributed by atoms with Crippen molar-refractivity contribution >= 4 is 16.3 Å². The second kappa shape index (κ2) is 6.48. The molecule has 106 valence electrons. The summed E-state index contributed by atoms with van der Waals surface area (Å²) in [5.41, 5.74) is 0. The fourth-order valence-corrected chi connectivity index (χ4v) is 3.77. The standard InChI is InChI=1S/C14H22N2O2S/c1-10(2)12-5-3-4-6-13(12)15-9-11-7-8-14(19-11)16(17)18/h7-8,10,12-13,15H,3-6,9H2,1-2H3. The first-order chi connectivity index (χ1) is 9.08. The summed E-state index contributed by atoms with van der Waals surface area (Å²) in [4.78, 5) is 11.4. The van der Waals surface area contributed by atoms with Gasteiger partial charge in [-0.1, -0.05) is 38.0 Å². The highest BCUT2D eigenvalue weighted by atomic mass is 32.1. The third-order valence-corrected chi connectivity index (χ3v) is 5.08. The lowest BCUT2D eigenvalue weighted by Gasteiger charge is -2.35. The van der Waals surface area contributed by atoms with Gasteiger partial charge in [0.2, 0.25) is 0 Å². The van der Waals surface area contributed by atoms with E-state index in [1.807, 2.05) is 6.07 Å². The maximum atomic E-state index is 10.7. The Bertz CT molecular complexity index is 431. The van der Waals surface area contributed by atoms with Crippen LogP contribution in [0.25, 0.3) is 0 Å². The van der Waals surface area contributed by atoms with E-state index >= 15 is 0 Å². The molecule has 0 aromatic carbocycles. The first kappa shape index (κ1) is 14.5. The predicted octanol–water partition coefficient (Wildman–Crippen LogP) is 3.96. The molecule has 0 saturated heterocycles. The molecule has 1 aromatic rings. The van der Waals surface area contributed by atoms with Crippen molar-refractivity contribution in [3.05, 3.63) is 27.1 Å². The summed E-state index contributed by atoms with van der Waals surface area (Å²) in [5, 5.41) is 14.5. The molecule has 2 unspecified atom stereocenters. The molecule has 2 rings (SSSR count). The van der Waals surface area contributed by atoms with E-state index in [0.29, 0.717) is 12.0 Å². The van der Waals surface area contributed by atoms with Crippen molar-refractivity contribution in [3.63, 3.8) is 0 Å². The summed E-state index contributed by atoms with van der Waals surface area (Å²) in [7, 11) is 0. The Hall–Kier alpha value is -0.940. The van der Waals surface area contributed by atoms with Gasteiger partial charge in [-0.15, -0.1) is 0 Å². The van der Waals surface area contributed by atoms with Crippen LogP contribution in [-0.2, 0) is 6.54 Å². The van der Waals surface area contributed by atoms with Crippen molar-refractivity contribution < 1.29 is 4.92 Å². The topological polar surface area (TPSA) is 55.2 Å². The second-order valence-electron chi connectivity index (χ2n) is 5.68. The van der Waals surface area contributed by atoms with Crippen LogP contribution in [0.3, 0.4) is 0 Å². The number of nitrogens with zero attached hydrogens (tertiary/aromatic N) is 1. The van der Waals surface area contributed by atoms with Crippen LogP contribution in [0.5, 0.6) is 0 Å². The number of hydrogen-bond acceptors (Lipinski definition) is 4. The van der Waals surface area contributed by atoms with Crippen molar-refractivity contribution in [1.29, 1.82) is 0 Å². The molecule has 0 bridgehead atoms. The van der Waals surface area contributed by atoms with E-state index in [1.165, 1.54) is 37.0 Å². The fourth-order valence-electron chi connectivity index (χ4n) is 3.00. The molecule has 4 nitrogen and oxygen atoms in total. The fraction of sp³-hybridized carbons (Fsp3) is 0.714. The molecule has 1 heterocycles. The van der Waals surface area contributed by atoms with Crippen molar-refractivity contribution in [2.24, 2.45) is 11.8 Å². The highest BCUT2D eigenvalue weighted by molar-refractivity contribution is 7.15. The van der Waals surface area contributed by atoms with Gasteiger partial charge in [0, 0.05) is 23.5 Å². The Kier molecular flexibility index (Phi) is 4.93. The van der Waals surface area contributed by atoms with Crippen LogP contribution in [-0.4, -0.2) is 11.0 Å². The van der Waals surface area contributed by atoms with Crippen molar-refractivity contribution in [2.45, 2.75) is 52.1 Å². The van der Waals surface area contributed by atoms with Gasteiger partial charge >= 0.3 is 5.00 Å². The number of nitrogens with one attached hydrogen (secondary N) is 1. The minimum Gasteiger partial charge on any atom is -0.309 e. The molecule has 0 spiro atoms. The monoisotopic (exact) mass is 282 g/mol. The van der Waals surface area contributed by atoms with Crippen LogP contribution >= 0.6 is 11.3 Å². The molecule has 0 amide bonds. The van der Waals surface area contributed by atoms with E-state index in [0.717, 1.165) is 17.3 Å². The smallest absolute Gasteiger partial charge is 0.309 e. The van der Waals surface area contributed by atoms with Gasteiger partial charge in [-0.25, -0.2) is 0 Å². The van der Waals surface area contributed by atoms with Crippen LogP contribution in [0.2, 0.25) is 0 Å². The van der Waals surface area contributed by atoms with E-state index in [1.54, 1.807) is 6.07 Å². The lowest BCUT2D eigenvalue weighted by atomic mass is 9.78. The maximum absolute atomic E-state index is 10.7. The molecule has 1 aliphatic carbocycles. The van der Waals surface area contributed by atoms with Crippen molar-refractivity contribution in [1.82, 2.24) is 5.32 Å². The second-order valence-corrected chi connectivity index (χ2v) is 6.82. The van der Waals surface area contributed by atoms with Crippen molar-refractivity contribution in [2.75, 3.05) is 0 Å². The van der Waals surface area contributed by atoms with E-state index in [2.05, 4.69) is 19.2 Å². The van der Waals surface area contributed by atoms with Gasteiger partial charge < -0.3 is 5.32 Å². The van der Waals surface area contributed by atoms with Gasteiger partial charge in [0.1, 0.15) is 0 Å². The first-order valence-corrected chi connectivity index (χ1v) is 7.86. The van der Waals surface area contributed by atoms with Crippen molar-refractivity contribution in [3.8, 4) is 0 Å². The average Bonchev–Trinajstić information content (AvgIpc) is 2.85. The quantitative estimate of drug-likeness (QED) is 0.657. The summed E-state index contributed by atoms with van der Waals surface area (Å²) in [6.07, 6.45) is 5.17. The van der Waals surface area contributed by atoms with Crippen LogP contribution in [0.15, 0.2) is 12.1 Å². The minimum absolute atomic E-state index is 0.237. The molecule has 0 aliphatic heterocycles. The highest BCUT2D eigenvalue weighted by Crippen LogP contribution is 2.31. The van der Waals surface area contributed by atoms with E-state index in [9.17, 15) is 10.1 Å². The third-order valence-electron chi connectivity index (χ3n) is 4.04. The number of rotatable bonds is 5. The Labute approximate surface area is 118 Å². The molecule has 5 heteroatoms. The van der Waals surface area contributed by atoms with E-state index in [4.69, 9.17) is 0 Å². The van der Waals surface area contributed by atoms with Gasteiger partial charge in [-0.2, -0.15) is 0 Å². The first-order valence-electron chi connectivity index (χ1n) is 7.04. The lowest BCUT2D eigenvalue weighted by molar-refractivity contribution is -0.380. The Morgan fingerprint density at radius 2 is 2.16 bits per heavy atom. The number of thiophene rings is 1. The van der Waals surface area contributed by atoms with Crippen LogP contribution in [0.4, 0.5) is 5.00 Å². The lowest BCUT2D eigenvalue weighted by Crippen LogP contribution is -2.40. The van der Waals surface area contributed by atoms with Crippen LogP contribution in [0, 0.1) is 22.0 Å². The largest absolute Gasteiger partial charge is 0.324 e. The minimum atomic E-state index is -0.314. The molecular formula is C14H22N2O2S. The van der Waals surface area contributed by atoms with E-state index in [-0.39, 0.29) is 9.92 Å². The summed E-state index contributed by atoms with van der Waals surface area (Å²) < 4.78 is 0. The maximum Gasteiger partial charge on any atom is 0.324 e. The molecular weight excluding hydrogens is 260 g/mol. The summed E-state index contributed by atoms with van der Waals surface area (Å²) in [5.74, 6) is 1.44. The molecule has 2 atom stereocenters. The summed E-state index contributed by atoms with van der Waals surface area (Å²) >= 11 is 1.28. The van der Waals surface area contributed by atoms with Gasteiger partial charge in [0.15, 0.2) is 0 Å². The molecule has 1 saturated carbocycles. The molecule has 19 heavy (non-hydrogen) atoms. The normalized spacial score (nSPS) is 23.7. The van der Waals surface area contributed by atoms with Crippen LogP contribution in [0.1, 0.15) is 44.4 Å². The summed E-state index contributed by atoms with van der Waals surface area (Å²) in [6, 6.07) is 4.03. The molecule has 1 aromatic heterocycles. The zero-order valence-corrected chi connectivity index (χ0v) is 12.4. The zero-order valence-electron chi connectivity index (χ0n) is 11.6. The molecule has 1 N–H and O–H groups in total. The zero-order chi connectivity index (χ0) is 13.8. The highest BCUT2D eigenvalue weighted by Gasteiger charge is 2.27. The Balaban J connectivity index is 1.90. The summed E-state index contributed by atoms with van der Waals surface area (Å²) in [6.45, 7) is 5.34. The SMILES string of the molecule is CC(C)C1CCCCC1NCc1ccc([N+](=O)[O-])s1. The van der Waals surface area contributed by atoms with Crippen LogP contribution < -0.4 is 5.32 Å². The van der Waals surface area contributed by atoms with E-state index < -0.39 is 0 Å². The molecule has 1 aliphatic rings. The van der Waals surface area contributed by atoms with Gasteiger partial charge in [-0.3, -0.25) is 10.1 Å². The molecule has 1 fully saturated rings. The predicted molar refractivity (Wildman–Crippen MR) is 78.4 cm³/mol. The molecule has 0 radical (unpaired) electrons. The Morgan fingerprint density at radius 3 is 2.79 bits per heavy atom. The van der Waals surface area contributed by atoms with Gasteiger partial charge in [-0.05, 0) is 30.7 Å². The van der Waals surface area contributed by atoms with Gasteiger partial charge in [0.25, 0.3) is 0 Å². The number of nitro groups is 1. The third kappa shape index (κ3) is 3.76. The van der Waals surface area contributed by atoms with Gasteiger partial charge in [0.05, 0.1) is 4.92 Å². The average molecular weight is 282 g/mol.